The van der Waals surface area contributed by atoms with E-state index in [2.05, 4.69) is 29.1 Å². The number of aryl methyl sites for hydroxylation is 2. The van der Waals surface area contributed by atoms with Gasteiger partial charge < -0.3 is 4.57 Å². The van der Waals surface area contributed by atoms with Crippen LogP contribution in [-0.4, -0.2) is 4.57 Å². The second-order valence-electron chi connectivity index (χ2n) is 3.40. The maximum Gasteiger partial charge on any atom is 0.138 e. The summed E-state index contributed by atoms with van der Waals surface area (Å²) in [5.74, 6) is -0.196. The molecule has 0 saturated heterocycles. The van der Waals surface area contributed by atoms with Crippen molar-refractivity contribution in [3.8, 4) is 0 Å². The first-order valence-electron chi connectivity index (χ1n) is 4.56. The van der Waals surface area contributed by atoms with Crippen molar-refractivity contribution in [2.75, 3.05) is 0 Å². The van der Waals surface area contributed by atoms with Gasteiger partial charge in [-0.2, -0.15) is 0 Å². The van der Waals surface area contributed by atoms with Crippen molar-refractivity contribution in [2.24, 2.45) is 7.05 Å². The highest BCUT2D eigenvalue weighted by molar-refractivity contribution is 9.10. The fourth-order valence-corrected chi connectivity index (χ4v) is 2.07. The molecule has 0 aliphatic rings. The lowest BCUT2D eigenvalue weighted by atomic mass is 10.1. The molecule has 0 bridgehead atoms. The highest BCUT2D eigenvalue weighted by Gasteiger charge is 2.08. The highest BCUT2D eigenvalue weighted by Crippen LogP contribution is 2.27. The minimum absolute atomic E-state index is 0.196. The van der Waals surface area contributed by atoms with Crippen LogP contribution in [0.4, 0.5) is 4.39 Å². The molecule has 0 fully saturated rings. The van der Waals surface area contributed by atoms with Crippen molar-refractivity contribution in [2.45, 2.75) is 13.3 Å². The van der Waals surface area contributed by atoms with Gasteiger partial charge in [-0.15, -0.1) is 0 Å². The smallest absolute Gasteiger partial charge is 0.138 e. The van der Waals surface area contributed by atoms with Crippen molar-refractivity contribution < 1.29 is 4.39 Å². The van der Waals surface area contributed by atoms with E-state index in [4.69, 9.17) is 0 Å². The highest BCUT2D eigenvalue weighted by atomic mass is 79.9. The Kier molecular flexibility index (Phi) is 2.35. The second-order valence-corrected chi connectivity index (χ2v) is 4.26. The third kappa shape index (κ3) is 1.36. The molecule has 0 aliphatic heterocycles. The fourth-order valence-electron chi connectivity index (χ4n) is 1.74. The van der Waals surface area contributed by atoms with E-state index in [1.54, 1.807) is 6.07 Å². The van der Waals surface area contributed by atoms with Gasteiger partial charge in [-0.3, -0.25) is 0 Å². The van der Waals surface area contributed by atoms with E-state index in [1.807, 2.05) is 17.7 Å². The minimum Gasteiger partial charge on any atom is -0.350 e. The topological polar surface area (TPSA) is 4.93 Å². The van der Waals surface area contributed by atoms with Crippen molar-refractivity contribution >= 4 is 26.8 Å². The SMILES string of the molecule is CCc1cn(C)c2cc(Br)c(F)cc12. The number of hydrogen-bond acceptors (Lipinski definition) is 0. The zero-order chi connectivity index (χ0) is 10.3. The first-order chi connectivity index (χ1) is 6.63. The van der Waals surface area contributed by atoms with Crippen LogP contribution in [0, 0.1) is 5.82 Å². The van der Waals surface area contributed by atoms with Crippen molar-refractivity contribution in [1.82, 2.24) is 4.57 Å². The van der Waals surface area contributed by atoms with Crippen molar-refractivity contribution in [3.63, 3.8) is 0 Å². The number of benzene rings is 1. The molecule has 0 atom stereocenters. The molecule has 1 aromatic carbocycles. The fraction of sp³-hybridized carbons (Fsp3) is 0.273. The lowest BCUT2D eigenvalue weighted by Gasteiger charge is -1.98. The molecule has 14 heavy (non-hydrogen) atoms. The summed E-state index contributed by atoms with van der Waals surface area (Å²) < 4.78 is 15.9. The van der Waals surface area contributed by atoms with Crippen LogP contribution in [0.3, 0.4) is 0 Å². The van der Waals surface area contributed by atoms with Gasteiger partial charge in [-0.1, -0.05) is 6.92 Å². The van der Waals surface area contributed by atoms with E-state index in [-0.39, 0.29) is 5.82 Å². The number of fused-ring (bicyclic) bond motifs is 1. The molecule has 2 rings (SSSR count). The van der Waals surface area contributed by atoms with Gasteiger partial charge in [0.2, 0.25) is 0 Å². The van der Waals surface area contributed by atoms with Gasteiger partial charge in [0.05, 0.1) is 4.47 Å². The standard InChI is InChI=1S/C11H11BrFN/c1-3-7-6-14(2)11-5-9(12)10(13)4-8(7)11/h4-6H,3H2,1-2H3. The summed E-state index contributed by atoms with van der Waals surface area (Å²) in [6.07, 6.45) is 2.98. The van der Waals surface area contributed by atoms with Gasteiger partial charge in [-0.05, 0) is 40.0 Å². The van der Waals surface area contributed by atoms with Crippen LogP contribution in [0.25, 0.3) is 10.9 Å². The molecule has 0 N–H and O–H groups in total. The monoisotopic (exact) mass is 255 g/mol. The van der Waals surface area contributed by atoms with Gasteiger partial charge in [0.1, 0.15) is 5.82 Å². The Bertz CT molecular complexity index is 487. The first-order valence-corrected chi connectivity index (χ1v) is 5.35. The molecular formula is C11H11BrFN. The molecule has 1 heterocycles. The molecule has 0 spiro atoms. The predicted molar refractivity (Wildman–Crippen MR) is 60.0 cm³/mol. The van der Waals surface area contributed by atoms with Crippen LogP contribution in [0.2, 0.25) is 0 Å². The molecule has 0 amide bonds. The van der Waals surface area contributed by atoms with E-state index in [0.717, 1.165) is 17.3 Å². The van der Waals surface area contributed by atoms with Crippen LogP contribution in [-0.2, 0) is 13.5 Å². The lowest BCUT2D eigenvalue weighted by Crippen LogP contribution is -1.84. The van der Waals surface area contributed by atoms with Gasteiger partial charge in [0.15, 0.2) is 0 Å². The maximum atomic E-state index is 13.3. The van der Waals surface area contributed by atoms with Gasteiger partial charge in [0, 0.05) is 24.1 Å². The number of rotatable bonds is 1. The average Bonchev–Trinajstić information content (AvgIpc) is 2.45. The summed E-state index contributed by atoms with van der Waals surface area (Å²) in [4.78, 5) is 0. The molecule has 0 unspecified atom stereocenters. The van der Waals surface area contributed by atoms with E-state index in [0.29, 0.717) is 4.47 Å². The molecule has 0 radical (unpaired) electrons. The molecule has 3 heteroatoms. The molecule has 1 aromatic heterocycles. The third-order valence-corrected chi connectivity index (χ3v) is 3.10. The largest absolute Gasteiger partial charge is 0.350 e. The summed E-state index contributed by atoms with van der Waals surface area (Å²) in [6, 6.07) is 3.42. The minimum atomic E-state index is -0.196. The zero-order valence-electron chi connectivity index (χ0n) is 8.14. The van der Waals surface area contributed by atoms with Crippen LogP contribution in [0.5, 0.6) is 0 Å². The Balaban J connectivity index is 2.84. The summed E-state index contributed by atoms with van der Waals surface area (Å²) in [6.45, 7) is 2.08. The summed E-state index contributed by atoms with van der Waals surface area (Å²) in [5.41, 5.74) is 2.25. The summed E-state index contributed by atoms with van der Waals surface area (Å²) in [5, 5.41) is 1.01. The first kappa shape index (κ1) is 9.71. The number of hydrogen-bond donors (Lipinski definition) is 0. The van der Waals surface area contributed by atoms with Crippen LogP contribution < -0.4 is 0 Å². The maximum absolute atomic E-state index is 13.3. The number of aromatic nitrogens is 1. The predicted octanol–water partition coefficient (Wildman–Crippen LogP) is 3.64. The Morgan fingerprint density at radius 1 is 1.43 bits per heavy atom. The summed E-state index contributed by atoms with van der Waals surface area (Å²) >= 11 is 3.19. The molecule has 74 valence electrons. The van der Waals surface area contributed by atoms with Gasteiger partial charge >= 0.3 is 0 Å². The van der Waals surface area contributed by atoms with Crippen LogP contribution in [0.1, 0.15) is 12.5 Å². The van der Waals surface area contributed by atoms with Gasteiger partial charge in [0.25, 0.3) is 0 Å². The lowest BCUT2D eigenvalue weighted by molar-refractivity contribution is 0.623. The molecule has 0 aliphatic carbocycles. The number of halogens is 2. The average molecular weight is 256 g/mol. The third-order valence-electron chi connectivity index (χ3n) is 2.49. The molecular weight excluding hydrogens is 245 g/mol. The number of nitrogens with zero attached hydrogens (tertiary/aromatic N) is 1. The normalized spacial score (nSPS) is 11.1. The molecule has 2 aromatic rings. The summed E-state index contributed by atoms with van der Waals surface area (Å²) in [7, 11) is 1.98. The Labute approximate surface area is 90.7 Å². The Morgan fingerprint density at radius 2 is 2.14 bits per heavy atom. The van der Waals surface area contributed by atoms with Crippen LogP contribution in [0.15, 0.2) is 22.8 Å². The molecule has 0 saturated carbocycles. The second kappa shape index (κ2) is 3.39. The van der Waals surface area contributed by atoms with Crippen LogP contribution >= 0.6 is 15.9 Å². The van der Waals surface area contributed by atoms with Crippen molar-refractivity contribution in [1.29, 1.82) is 0 Å². The van der Waals surface area contributed by atoms with Crippen molar-refractivity contribution in [3.05, 3.63) is 34.2 Å². The van der Waals surface area contributed by atoms with Gasteiger partial charge in [-0.25, -0.2) is 4.39 Å². The van der Waals surface area contributed by atoms with E-state index in [9.17, 15) is 4.39 Å². The zero-order valence-corrected chi connectivity index (χ0v) is 9.73. The Hall–Kier alpha value is -0.830. The Morgan fingerprint density at radius 3 is 2.79 bits per heavy atom. The van der Waals surface area contributed by atoms with E-state index < -0.39 is 0 Å². The quantitative estimate of drug-likeness (QED) is 0.734. The van der Waals surface area contributed by atoms with E-state index >= 15 is 0 Å². The molecule has 1 nitrogen and oxygen atoms in total. The van der Waals surface area contributed by atoms with E-state index in [1.165, 1.54) is 5.56 Å².